The molecule has 0 unspecified atom stereocenters. The standard InChI is InChI=1S/C24H27N3O7/c1-5-33-24(29)15-9-11-17(12-10-15)25-20(28)7-6-8-21-26-23(27-34-21)16-13-18(30-2)22(32-4)19(14-16)31-3/h9-14H,5-8H2,1-4H3,(H,25,28). The van der Waals surface area contributed by atoms with Crippen molar-refractivity contribution in [1.29, 1.82) is 0 Å². The lowest BCUT2D eigenvalue weighted by molar-refractivity contribution is -0.116. The fourth-order valence-electron chi connectivity index (χ4n) is 3.21. The third kappa shape index (κ3) is 6.03. The number of esters is 1. The lowest BCUT2D eigenvalue weighted by atomic mass is 10.1. The molecule has 0 aliphatic rings. The Morgan fingerprint density at radius 1 is 1.00 bits per heavy atom. The Balaban J connectivity index is 1.54. The highest BCUT2D eigenvalue weighted by Crippen LogP contribution is 2.40. The molecule has 1 aromatic heterocycles. The first-order valence-corrected chi connectivity index (χ1v) is 10.7. The van der Waals surface area contributed by atoms with Gasteiger partial charge in [0.25, 0.3) is 0 Å². The number of aryl methyl sites for hydroxylation is 1. The van der Waals surface area contributed by atoms with Crippen LogP contribution in [0.5, 0.6) is 17.2 Å². The van der Waals surface area contributed by atoms with Crippen molar-refractivity contribution in [2.24, 2.45) is 0 Å². The molecule has 0 radical (unpaired) electrons. The minimum absolute atomic E-state index is 0.159. The van der Waals surface area contributed by atoms with Crippen molar-refractivity contribution in [2.45, 2.75) is 26.2 Å². The highest BCUT2D eigenvalue weighted by molar-refractivity contribution is 5.93. The second-order valence-corrected chi connectivity index (χ2v) is 7.13. The molecule has 180 valence electrons. The number of aromatic nitrogens is 2. The minimum atomic E-state index is -0.397. The van der Waals surface area contributed by atoms with Crippen LogP contribution in [-0.4, -0.2) is 50.0 Å². The Kier molecular flexibility index (Phi) is 8.44. The Morgan fingerprint density at radius 3 is 2.26 bits per heavy atom. The molecule has 0 fully saturated rings. The molecular weight excluding hydrogens is 442 g/mol. The zero-order valence-electron chi connectivity index (χ0n) is 19.5. The van der Waals surface area contributed by atoms with Gasteiger partial charge >= 0.3 is 5.97 Å². The highest BCUT2D eigenvalue weighted by Gasteiger charge is 2.17. The summed E-state index contributed by atoms with van der Waals surface area (Å²) in [4.78, 5) is 28.3. The molecule has 0 spiro atoms. The van der Waals surface area contributed by atoms with Crippen LogP contribution in [0.4, 0.5) is 5.69 Å². The third-order valence-corrected chi connectivity index (χ3v) is 4.87. The first-order chi connectivity index (χ1) is 16.5. The summed E-state index contributed by atoms with van der Waals surface area (Å²) in [6.07, 6.45) is 1.22. The Labute approximate surface area is 197 Å². The van der Waals surface area contributed by atoms with Gasteiger partial charge in [-0.15, -0.1) is 0 Å². The highest BCUT2D eigenvalue weighted by atomic mass is 16.5. The summed E-state index contributed by atoms with van der Waals surface area (Å²) < 4.78 is 26.3. The van der Waals surface area contributed by atoms with Crippen LogP contribution >= 0.6 is 0 Å². The summed E-state index contributed by atoms with van der Waals surface area (Å²) in [7, 11) is 4.59. The van der Waals surface area contributed by atoms with Crippen molar-refractivity contribution in [3.63, 3.8) is 0 Å². The zero-order valence-corrected chi connectivity index (χ0v) is 19.5. The van der Waals surface area contributed by atoms with E-state index in [1.165, 1.54) is 21.3 Å². The molecular formula is C24H27N3O7. The molecule has 10 nitrogen and oxygen atoms in total. The van der Waals surface area contributed by atoms with Gasteiger partial charge in [-0.05, 0) is 49.7 Å². The van der Waals surface area contributed by atoms with Crippen molar-refractivity contribution in [1.82, 2.24) is 10.1 Å². The maximum atomic E-state index is 12.2. The number of nitrogens with one attached hydrogen (secondary N) is 1. The number of carbonyl (C=O) groups excluding carboxylic acids is 2. The average Bonchev–Trinajstić information content (AvgIpc) is 3.32. The summed E-state index contributed by atoms with van der Waals surface area (Å²) in [6.45, 7) is 2.05. The third-order valence-electron chi connectivity index (χ3n) is 4.87. The van der Waals surface area contributed by atoms with Gasteiger partial charge in [-0.2, -0.15) is 4.98 Å². The van der Waals surface area contributed by atoms with E-state index in [4.69, 9.17) is 23.5 Å². The van der Waals surface area contributed by atoms with Crippen LogP contribution in [0.3, 0.4) is 0 Å². The number of ether oxygens (including phenoxy) is 4. The van der Waals surface area contributed by atoms with Gasteiger partial charge in [-0.3, -0.25) is 4.79 Å². The van der Waals surface area contributed by atoms with E-state index in [2.05, 4.69) is 15.5 Å². The van der Waals surface area contributed by atoms with E-state index in [0.29, 0.717) is 65.2 Å². The number of rotatable bonds is 11. The van der Waals surface area contributed by atoms with Gasteiger partial charge in [0.05, 0.1) is 33.5 Å². The molecule has 1 N–H and O–H groups in total. The summed E-state index contributed by atoms with van der Waals surface area (Å²) in [5, 5.41) is 6.81. The number of anilines is 1. The Hall–Kier alpha value is -4.08. The lowest BCUT2D eigenvalue weighted by Gasteiger charge is -2.12. The maximum absolute atomic E-state index is 12.2. The topological polar surface area (TPSA) is 122 Å². The number of methoxy groups -OCH3 is 3. The van der Waals surface area contributed by atoms with Gasteiger partial charge in [0.1, 0.15) is 0 Å². The maximum Gasteiger partial charge on any atom is 0.338 e. The van der Waals surface area contributed by atoms with Gasteiger partial charge in [0, 0.05) is 24.1 Å². The molecule has 0 saturated carbocycles. The monoisotopic (exact) mass is 469 g/mol. The summed E-state index contributed by atoms with van der Waals surface area (Å²) >= 11 is 0. The molecule has 0 aliphatic carbocycles. The number of amides is 1. The van der Waals surface area contributed by atoms with E-state index in [1.54, 1.807) is 43.3 Å². The second kappa shape index (κ2) is 11.7. The molecule has 0 bridgehead atoms. The predicted molar refractivity (Wildman–Crippen MR) is 123 cm³/mol. The zero-order chi connectivity index (χ0) is 24.5. The van der Waals surface area contributed by atoms with Gasteiger partial charge in [0.2, 0.25) is 23.4 Å². The fourth-order valence-corrected chi connectivity index (χ4v) is 3.21. The van der Waals surface area contributed by atoms with Crippen LogP contribution in [0.1, 0.15) is 36.0 Å². The van der Waals surface area contributed by atoms with Crippen LogP contribution in [0.15, 0.2) is 40.9 Å². The van der Waals surface area contributed by atoms with E-state index in [0.717, 1.165) is 0 Å². The Bertz CT molecular complexity index is 1100. The summed E-state index contributed by atoms with van der Waals surface area (Å²) in [5.74, 6) is 1.67. The van der Waals surface area contributed by atoms with Gasteiger partial charge in [-0.1, -0.05) is 5.16 Å². The van der Waals surface area contributed by atoms with Gasteiger partial charge in [-0.25, -0.2) is 4.79 Å². The quantitative estimate of drug-likeness (QED) is 0.417. The largest absolute Gasteiger partial charge is 0.493 e. The first-order valence-electron chi connectivity index (χ1n) is 10.7. The normalized spacial score (nSPS) is 10.5. The van der Waals surface area contributed by atoms with E-state index in [-0.39, 0.29) is 12.3 Å². The lowest BCUT2D eigenvalue weighted by Crippen LogP contribution is -2.12. The molecule has 0 aliphatic heterocycles. The molecule has 0 atom stereocenters. The molecule has 3 rings (SSSR count). The van der Waals surface area contributed by atoms with Crippen LogP contribution in [0.2, 0.25) is 0 Å². The van der Waals surface area contributed by atoms with Crippen LogP contribution in [0.25, 0.3) is 11.4 Å². The Morgan fingerprint density at radius 2 is 1.68 bits per heavy atom. The molecule has 3 aromatic rings. The van der Waals surface area contributed by atoms with Gasteiger partial charge in [0.15, 0.2) is 11.5 Å². The molecule has 2 aromatic carbocycles. The van der Waals surface area contributed by atoms with Crippen molar-refractivity contribution >= 4 is 17.6 Å². The van der Waals surface area contributed by atoms with Crippen LogP contribution in [-0.2, 0) is 16.0 Å². The molecule has 34 heavy (non-hydrogen) atoms. The summed E-state index contributed by atoms with van der Waals surface area (Å²) in [5.41, 5.74) is 1.67. The average molecular weight is 469 g/mol. The van der Waals surface area contributed by atoms with Gasteiger partial charge < -0.3 is 28.8 Å². The predicted octanol–water partition coefficient (Wildman–Crippen LogP) is 3.90. The number of hydrogen-bond donors (Lipinski definition) is 1. The fraction of sp³-hybridized carbons (Fsp3) is 0.333. The van der Waals surface area contributed by atoms with Crippen molar-refractivity contribution in [3.8, 4) is 28.6 Å². The molecule has 0 saturated heterocycles. The van der Waals surface area contributed by atoms with Crippen LogP contribution in [0, 0.1) is 0 Å². The molecule has 10 heteroatoms. The molecule has 1 amide bonds. The van der Waals surface area contributed by atoms with Crippen molar-refractivity contribution in [3.05, 3.63) is 47.9 Å². The van der Waals surface area contributed by atoms with Crippen molar-refractivity contribution < 1.29 is 33.1 Å². The van der Waals surface area contributed by atoms with E-state index in [9.17, 15) is 9.59 Å². The number of carbonyl (C=O) groups is 2. The number of nitrogens with zero attached hydrogens (tertiary/aromatic N) is 2. The first kappa shape index (κ1) is 24.6. The smallest absolute Gasteiger partial charge is 0.338 e. The van der Waals surface area contributed by atoms with Crippen molar-refractivity contribution in [2.75, 3.05) is 33.3 Å². The number of benzene rings is 2. The number of hydrogen-bond acceptors (Lipinski definition) is 9. The van der Waals surface area contributed by atoms with Crippen LogP contribution < -0.4 is 19.5 Å². The van der Waals surface area contributed by atoms with E-state index < -0.39 is 5.97 Å². The summed E-state index contributed by atoms with van der Waals surface area (Å²) in [6, 6.07) is 10.00. The second-order valence-electron chi connectivity index (χ2n) is 7.13. The van der Waals surface area contributed by atoms with E-state index in [1.807, 2.05) is 0 Å². The molecule has 1 heterocycles. The van der Waals surface area contributed by atoms with E-state index >= 15 is 0 Å². The SMILES string of the molecule is CCOC(=O)c1ccc(NC(=O)CCCc2nc(-c3cc(OC)c(OC)c(OC)c3)no2)cc1. The minimum Gasteiger partial charge on any atom is -0.493 e.